The molecule has 0 radical (unpaired) electrons. The SMILES string of the molecule is Cc1ncc(CN[C@H](C)C(=O)N(C)C)s1. The average molecular weight is 227 g/mol. The lowest BCUT2D eigenvalue weighted by Crippen LogP contribution is -2.40. The number of carbonyl (C=O) groups is 1. The topological polar surface area (TPSA) is 45.2 Å². The summed E-state index contributed by atoms with van der Waals surface area (Å²) in [5, 5.41) is 4.23. The molecule has 1 atom stereocenters. The van der Waals surface area contributed by atoms with Gasteiger partial charge < -0.3 is 10.2 Å². The third-order valence-electron chi connectivity index (χ3n) is 2.06. The zero-order valence-electron chi connectivity index (χ0n) is 9.57. The lowest BCUT2D eigenvalue weighted by atomic mass is 10.3. The van der Waals surface area contributed by atoms with Crippen molar-refractivity contribution in [2.45, 2.75) is 26.4 Å². The van der Waals surface area contributed by atoms with Gasteiger partial charge in [0.05, 0.1) is 11.0 Å². The lowest BCUT2D eigenvalue weighted by molar-refractivity contribution is -0.130. The number of thiazole rings is 1. The third kappa shape index (κ3) is 3.60. The monoisotopic (exact) mass is 227 g/mol. The number of aromatic nitrogens is 1. The highest BCUT2D eigenvalue weighted by Gasteiger charge is 2.13. The van der Waals surface area contributed by atoms with E-state index in [1.807, 2.05) is 20.0 Å². The minimum atomic E-state index is -0.151. The Bertz CT molecular complexity index is 335. The Morgan fingerprint density at radius 3 is 2.80 bits per heavy atom. The number of hydrogen-bond donors (Lipinski definition) is 1. The molecule has 0 aliphatic heterocycles. The van der Waals surface area contributed by atoms with Crippen LogP contribution in [0, 0.1) is 6.92 Å². The van der Waals surface area contributed by atoms with Crippen LogP contribution in [0.25, 0.3) is 0 Å². The number of nitrogens with zero attached hydrogens (tertiary/aromatic N) is 2. The Hall–Kier alpha value is -0.940. The maximum atomic E-state index is 11.5. The van der Waals surface area contributed by atoms with E-state index in [2.05, 4.69) is 10.3 Å². The summed E-state index contributed by atoms with van der Waals surface area (Å²) >= 11 is 1.65. The summed E-state index contributed by atoms with van der Waals surface area (Å²) in [4.78, 5) is 18.4. The van der Waals surface area contributed by atoms with Gasteiger partial charge in [-0.1, -0.05) is 0 Å². The van der Waals surface area contributed by atoms with Crippen LogP contribution >= 0.6 is 11.3 Å². The van der Waals surface area contributed by atoms with E-state index < -0.39 is 0 Å². The Morgan fingerprint density at radius 1 is 1.67 bits per heavy atom. The van der Waals surface area contributed by atoms with Crippen LogP contribution in [0.1, 0.15) is 16.8 Å². The number of amides is 1. The molecule has 0 saturated carbocycles. The van der Waals surface area contributed by atoms with E-state index in [0.29, 0.717) is 6.54 Å². The summed E-state index contributed by atoms with van der Waals surface area (Å²) in [7, 11) is 3.52. The minimum absolute atomic E-state index is 0.0937. The van der Waals surface area contributed by atoms with Crippen LogP contribution in [0.2, 0.25) is 0 Å². The molecule has 1 heterocycles. The highest BCUT2D eigenvalue weighted by Crippen LogP contribution is 2.10. The molecule has 5 heteroatoms. The van der Waals surface area contributed by atoms with Crippen molar-refractivity contribution in [3.8, 4) is 0 Å². The summed E-state index contributed by atoms with van der Waals surface area (Å²) in [5.74, 6) is 0.0937. The first-order valence-electron chi connectivity index (χ1n) is 4.86. The highest BCUT2D eigenvalue weighted by atomic mass is 32.1. The smallest absolute Gasteiger partial charge is 0.238 e. The fraction of sp³-hybridized carbons (Fsp3) is 0.600. The van der Waals surface area contributed by atoms with Gasteiger partial charge in [-0.2, -0.15) is 0 Å². The van der Waals surface area contributed by atoms with Gasteiger partial charge in [-0.15, -0.1) is 11.3 Å². The molecule has 1 N–H and O–H groups in total. The molecule has 0 unspecified atom stereocenters. The van der Waals surface area contributed by atoms with Gasteiger partial charge in [0.2, 0.25) is 5.91 Å². The van der Waals surface area contributed by atoms with Crippen molar-refractivity contribution in [1.82, 2.24) is 15.2 Å². The van der Waals surface area contributed by atoms with E-state index in [0.717, 1.165) is 9.88 Å². The number of hydrogen-bond acceptors (Lipinski definition) is 4. The van der Waals surface area contributed by atoms with Crippen molar-refractivity contribution in [1.29, 1.82) is 0 Å². The Kier molecular flexibility index (Phi) is 4.23. The number of aryl methyl sites for hydroxylation is 1. The second kappa shape index (κ2) is 5.23. The number of rotatable bonds is 4. The summed E-state index contributed by atoms with van der Waals surface area (Å²) in [6.07, 6.45) is 1.85. The van der Waals surface area contributed by atoms with Crippen LogP contribution in [0.4, 0.5) is 0 Å². The van der Waals surface area contributed by atoms with Crippen LogP contribution in [0.15, 0.2) is 6.20 Å². The van der Waals surface area contributed by atoms with Crippen LogP contribution in [0.3, 0.4) is 0 Å². The predicted molar refractivity (Wildman–Crippen MR) is 61.8 cm³/mol. The maximum Gasteiger partial charge on any atom is 0.238 e. The van der Waals surface area contributed by atoms with Gasteiger partial charge in [0.15, 0.2) is 0 Å². The normalized spacial score (nSPS) is 12.5. The quantitative estimate of drug-likeness (QED) is 0.835. The highest BCUT2D eigenvalue weighted by molar-refractivity contribution is 7.11. The van der Waals surface area contributed by atoms with Crippen molar-refractivity contribution in [3.05, 3.63) is 16.1 Å². The van der Waals surface area contributed by atoms with Gasteiger partial charge in [-0.25, -0.2) is 4.98 Å². The third-order valence-corrected chi connectivity index (χ3v) is 2.98. The fourth-order valence-corrected chi connectivity index (χ4v) is 1.96. The van der Waals surface area contributed by atoms with Crippen molar-refractivity contribution in [3.63, 3.8) is 0 Å². The van der Waals surface area contributed by atoms with Crippen molar-refractivity contribution in [2.75, 3.05) is 14.1 Å². The number of carbonyl (C=O) groups excluding carboxylic acids is 1. The second-order valence-corrected chi connectivity index (χ2v) is 5.00. The van der Waals surface area contributed by atoms with E-state index >= 15 is 0 Å². The molecular formula is C10H17N3OS. The fourth-order valence-electron chi connectivity index (χ4n) is 1.22. The first-order chi connectivity index (χ1) is 7.00. The number of likely N-dealkylation sites (N-methyl/N-ethyl adjacent to an activating group) is 1. The summed E-state index contributed by atoms with van der Waals surface area (Å²) in [6, 6.07) is -0.151. The van der Waals surface area contributed by atoms with Gasteiger partial charge in [0, 0.05) is 31.7 Å². The van der Waals surface area contributed by atoms with Crippen LogP contribution in [-0.4, -0.2) is 35.9 Å². The van der Waals surface area contributed by atoms with Crippen LogP contribution in [-0.2, 0) is 11.3 Å². The van der Waals surface area contributed by atoms with Gasteiger partial charge in [0.25, 0.3) is 0 Å². The van der Waals surface area contributed by atoms with E-state index in [4.69, 9.17) is 0 Å². The Balaban J connectivity index is 2.40. The standard InChI is InChI=1S/C10H17N3OS/c1-7(10(14)13(3)4)11-5-9-6-12-8(2)15-9/h6-7,11H,5H2,1-4H3/t7-/m1/s1. The number of nitrogens with one attached hydrogen (secondary N) is 1. The van der Waals surface area contributed by atoms with Gasteiger partial charge in [0.1, 0.15) is 0 Å². The molecule has 0 aliphatic carbocycles. The van der Waals surface area contributed by atoms with E-state index in [-0.39, 0.29) is 11.9 Å². The first kappa shape index (κ1) is 12.1. The van der Waals surface area contributed by atoms with Crippen LogP contribution < -0.4 is 5.32 Å². The summed E-state index contributed by atoms with van der Waals surface area (Å²) in [5.41, 5.74) is 0. The minimum Gasteiger partial charge on any atom is -0.347 e. The molecule has 1 aromatic heterocycles. The van der Waals surface area contributed by atoms with Crippen molar-refractivity contribution < 1.29 is 4.79 Å². The first-order valence-corrected chi connectivity index (χ1v) is 5.68. The predicted octanol–water partition coefficient (Wildman–Crippen LogP) is 1.02. The van der Waals surface area contributed by atoms with E-state index in [1.54, 1.807) is 30.3 Å². The maximum absolute atomic E-state index is 11.5. The van der Waals surface area contributed by atoms with Crippen molar-refractivity contribution in [2.24, 2.45) is 0 Å². The molecule has 1 amide bonds. The van der Waals surface area contributed by atoms with Gasteiger partial charge in [-0.05, 0) is 13.8 Å². The molecule has 1 rings (SSSR count). The lowest BCUT2D eigenvalue weighted by Gasteiger charge is -2.17. The molecule has 84 valence electrons. The molecule has 0 spiro atoms. The molecule has 1 aromatic rings. The second-order valence-electron chi connectivity index (χ2n) is 3.68. The molecular weight excluding hydrogens is 210 g/mol. The van der Waals surface area contributed by atoms with E-state index in [9.17, 15) is 4.79 Å². The molecule has 15 heavy (non-hydrogen) atoms. The molecule has 0 saturated heterocycles. The molecule has 0 aliphatic rings. The largest absolute Gasteiger partial charge is 0.347 e. The van der Waals surface area contributed by atoms with Gasteiger partial charge in [-0.3, -0.25) is 4.79 Å². The molecule has 0 aromatic carbocycles. The zero-order valence-corrected chi connectivity index (χ0v) is 10.4. The Morgan fingerprint density at radius 2 is 2.33 bits per heavy atom. The zero-order chi connectivity index (χ0) is 11.4. The van der Waals surface area contributed by atoms with Crippen LogP contribution in [0.5, 0.6) is 0 Å². The Labute approximate surface area is 94.3 Å². The van der Waals surface area contributed by atoms with Crippen molar-refractivity contribution >= 4 is 17.2 Å². The molecule has 4 nitrogen and oxygen atoms in total. The summed E-state index contributed by atoms with van der Waals surface area (Å²) < 4.78 is 0. The van der Waals surface area contributed by atoms with E-state index in [1.165, 1.54) is 0 Å². The average Bonchev–Trinajstić information content (AvgIpc) is 2.59. The summed E-state index contributed by atoms with van der Waals surface area (Å²) in [6.45, 7) is 4.55. The molecule has 0 fully saturated rings. The van der Waals surface area contributed by atoms with Gasteiger partial charge >= 0.3 is 0 Å². The molecule has 0 bridgehead atoms.